The van der Waals surface area contributed by atoms with Crippen molar-refractivity contribution in [2.45, 2.75) is 20.3 Å². The fourth-order valence-corrected chi connectivity index (χ4v) is 1.34. The van der Waals surface area contributed by atoms with E-state index in [1.54, 1.807) is 13.0 Å². The van der Waals surface area contributed by atoms with Crippen molar-refractivity contribution in [1.29, 1.82) is 0 Å². The third kappa shape index (κ3) is 3.44. The van der Waals surface area contributed by atoms with Gasteiger partial charge in [-0.1, -0.05) is 6.92 Å². The summed E-state index contributed by atoms with van der Waals surface area (Å²) in [6.07, 6.45) is 0.457. The first-order valence-corrected chi connectivity index (χ1v) is 5.15. The molecule has 15 heavy (non-hydrogen) atoms. The van der Waals surface area contributed by atoms with E-state index in [1.807, 2.05) is 6.92 Å². The maximum Gasteiger partial charge on any atom is 0.164 e. The summed E-state index contributed by atoms with van der Waals surface area (Å²) in [5.74, 6) is -0.211. The van der Waals surface area contributed by atoms with Crippen molar-refractivity contribution in [2.24, 2.45) is 0 Å². The molecule has 1 N–H and O–H groups in total. The standard InChI is InChI=1S/C12H16FNO/c1-3-14-7-6-12(15)10-4-5-11(13)9(2)8-10/h4-5,8,14H,3,6-7H2,1-2H3. The number of ketones is 1. The zero-order chi connectivity index (χ0) is 11.3. The highest BCUT2D eigenvalue weighted by Gasteiger charge is 2.06. The number of carbonyl (C=O) groups excluding carboxylic acids is 1. The molecule has 0 unspecified atom stereocenters. The first kappa shape index (κ1) is 11.9. The summed E-state index contributed by atoms with van der Waals surface area (Å²) in [6, 6.07) is 4.48. The summed E-state index contributed by atoms with van der Waals surface area (Å²) in [5, 5.41) is 3.08. The molecule has 0 aromatic heterocycles. The van der Waals surface area contributed by atoms with Crippen LogP contribution in [-0.4, -0.2) is 18.9 Å². The maximum atomic E-state index is 12.9. The Hall–Kier alpha value is -1.22. The molecule has 0 aliphatic rings. The topological polar surface area (TPSA) is 29.1 Å². The lowest BCUT2D eigenvalue weighted by molar-refractivity contribution is 0.0982. The predicted molar refractivity (Wildman–Crippen MR) is 58.6 cm³/mol. The monoisotopic (exact) mass is 209 g/mol. The Bertz CT molecular complexity index is 349. The molecule has 0 radical (unpaired) electrons. The summed E-state index contributed by atoms with van der Waals surface area (Å²) in [4.78, 5) is 11.6. The van der Waals surface area contributed by atoms with Crippen molar-refractivity contribution in [3.8, 4) is 0 Å². The van der Waals surface area contributed by atoms with Crippen LogP contribution in [0.4, 0.5) is 4.39 Å². The van der Waals surface area contributed by atoms with E-state index < -0.39 is 0 Å². The smallest absolute Gasteiger partial charge is 0.164 e. The first-order chi connectivity index (χ1) is 7.15. The molecule has 0 atom stereocenters. The van der Waals surface area contributed by atoms with Gasteiger partial charge in [-0.2, -0.15) is 0 Å². The van der Waals surface area contributed by atoms with Crippen molar-refractivity contribution < 1.29 is 9.18 Å². The van der Waals surface area contributed by atoms with E-state index >= 15 is 0 Å². The number of hydrogen-bond donors (Lipinski definition) is 1. The fourth-order valence-electron chi connectivity index (χ4n) is 1.34. The minimum absolute atomic E-state index is 0.0547. The Balaban J connectivity index is 2.62. The number of hydrogen-bond acceptors (Lipinski definition) is 2. The van der Waals surface area contributed by atoms with E-state index in [9.17, 15) is 9.18 Å². The molecule has 0 bridgehead atoms. The molecule has 3 heteroatoms. The van der Waals surface area contributed by atoms with Gasteiger partial charge in [0.2, 0.25) is 0 Å². The molecule has 1 rings (SSSR count). The van der Waals surface area contributed by atoms with Crippen LogP contribution in [0.3, 0.4) is 0 Å². The largest absolute Gasteiger partial charge is 0.317 e. The zero-order valence-corrected chi connectivity index (χ0v) is 9.14. The average Bonchev–Trinajstić information content (AvgIpc) is 2.22. The maximum absolute atomic E-state index is 12.9. The van der Waals surface area contributed by atoms with Gasteiger partial charge in [-0.15, -0.1) is 0 Å². The quantitative estimate of drug-likeness (QED) is 0.595. The van der Waals surface area contributed by atoms with E-state index in [2.05, 4.69) is 5.32 Å². The van der Waals surface area contributed by atoms with Gasteiger partial charge in [0, 0.05) is 18.5 Å². The Morgan fingerprint density at radius 1 is 1.47 bits per heavy atom. The molecular weight excluding hydrogens is 193 g/mol. The van der Waals surface area contributed by atoms with E-state index in [0.717, 1.165) is 6.54 Å². The lowest BCUT2D eigenvalue weighted by Gasteiger charge is -2.03. The van der Waals surface area contributed by atoms with Crippen molar-refractivity contribution in [3.63, 3.8) is 0 Å². The predicted octanol–water partition coefficient (Wildman–Crippen LogP) is 2.32. The normalized spacial score (nSPS) is 10.3. The van der Waals surface area contributed by atoms with Crippen LogP contribution in [0.15, 0.2) is 18.2 Å². The number of Topliss-reactive ketones (excluding diaryl/α,β-unsaturated/α-hetero) is 1. The molecule has 2 nitrogen and oxygen atoms in total. The van der Waals surface area contributed by atoms with Gasteiger partial charge < -0.3 is 5.32 Å². The number of benzene rings is 1. The highest BCUT2D eigenvalue weighted by atomic mass is 19.1. The van der Waals surface area contributed by atoms with Gasteiger partial charge in [-0.25, -0.2) is 4.39 Å². The third-order valence-electron chi connectivity index (χ3n) is 2.26. The summed E-state index contributed by atoms with van der Waals surface area (Å²) in [5.41, 5.74) is 1.11. The molecule has 0 saturated carbocycles. The molecule has 0 saturated heterocycles. The van der Waals surface area contributed by atoms with Crippen LogP contribution in [0.2, 0.25) is 0 Å². The molecule has 0 fully saturated rings. The molecule has 0 spiro atoms. The van der Waals surface area contributed by atoms with Crippen LogP contribution in [0.5, 0.6) is 0 Å². The second kappa shape index (κ2) is 5.61. The van der Waals surface area contributed by atoms with Gasteiger partial charge in [0.1, 0.15) is 5.82 Å². The van der Waals surface area contributed by atoms with E-state index in [-0.39, 0.29) is 11.6 Å². The number of nitrogens with one attached hydrogen (secondary N) is 1. The van der Waals surface area contributed by atoms with E-state index in [0.29, 0.717) is 24.1 Å². The molecule has 0 aliphatic carbocycles. The van der Waals surface area contributed by atoms with Gasteiger partial charge in [0.15, 0.2) is 5.78 Å². The van der Waals surface area contributed by atoms with Crippen molar-refractivity contribution in [2.75, 3.05) is 13.1 Å². The number of aryl methyl sites for hydroxylation is 1. The molecule has 1 aromatic rings. The van der Waals surface area contributed by atoms with Crippen molar-refractivity contribution in [3.05, 3.63) is 35.1 Å². The summed E-state index contributed by atoms with van der Waals surface area (Å²) >= 11 is 0. The van der Waals surface area contributed by atoms with Crippen LogP contribution in [0.1, 0.15) is 29.3 Å². The average molecular weight is 209 g/mol. The SMILES string of the molecule is CCNCCC(=O)c1ccc(F)c(C)c1. The van der Waals surface area contributed by atoms with Crippen LogP contribution < -0.4 is 5.32 Å². The van der Waals surface area contributed by atoms with Crippen LogP contribution >= 0.6 is 0 Å². The number of halogens is 1. The molecule has 82 valence electrons. The Morgan fingerprint density at radius 2 is 2.20 bits per heavy atom. The van der Waals surface area contributed by atoms with E-state index in [1.165, 1.54) is 12.1 Å². The number of rotatable bonds is 5. The first-order valence-electron chi connectivity index (χ1n) is 5.15. The fraction of sp³-hybridized carbons (Fsp3) is 0.417. The van der Waals surface area contributed by atoms with Crippen LogP contribution in [0.25, 0.3) is 0 Å². The lowest BCUT2D eigenvalue weighted by Crippen LogP contribution is -2.17. The van der Waals surface area contributed by atoms with Gasteiger partial charge in [-0.05, 0) is 37.2 Å². The van der Waals surface area contributed by atoms with Gasteiger partial charge in [0.05, 0.1) is 0 Å². The van der Waals surface area contributed by atoms with E-state index in [4.69, 9.17) is 0 Å². The highest BCUT2D eigenvalue weighted by Crippen LogP contribution is 2.10. The second-order valence-electron chi connectivity index (χ2n) is 3.49. The van der Waals surface area contributed by atoms with Crippen molar-refractivity contribution >= 4 is 5.78 Å². The molecule has 0 amide bonds. The van der Waals surface area contributed by atoms with Gasteiger partial charge >= 0.3 is 0 Å². The summed E-state index contributed by atoms with van der Waals surface area (Å²) in [7, 11) is 0. The minimum atomic E-state index is -0.266. The molecule has 1 aromatic carbocycles. The van der Waals surface area contributed by atoms with Gasteiger partial charge in [-0.3, -0.25) is 4.79 Å². The minimum Gasteiger partial charge on any atom is -0.317 e. The zero-order valence-electron chi connectivity index (χ0n) is 9.14. The molecule has 0 aliphatic heterocycles. The van der Waals surface area contributed by atoms with Gasteiger partial charge in [0.25, 0.3) is 0 Å². The summed E-state index contributed by atoms with van der Waals surface area (Å²) in [6.45, 7) is 5.18. The molecule has 0 heterocycles. The lowest BCUT2D eigenvalue weighted by atomic mass is 10.1. The Morgan fingerprint density at radius 3 is 2.80 bits per heavy atom. The van der Waals surface area contributed by atoms with Crippen LogP contribution in [-0.2, 0) is 0 Å². The third-order valence-corrected chi connectivity index (χ3v) is 2.26. The van der Waals surface area contributed by atoms with Crippen molar-refractivity contribution in [1.82, 2.24) is 5.32 Å². The van der Waals surface area contributed by atoms with Crippen LogP contribution in [0, 0.1) is 12.7 Å². The second-order valence-corrected chi connectivity index (χ2v) is 3.49. The Labute approximate surface area is 89.5 Å². The highest BCUT2D eigenvalue weighted by molar-refractivity contribution is 5.96. The number of carbonyl (C=O) groups is 1. The summed E-state index contributed by atoms with van der Waals surface area (Å²) < 4.78 is 12.9. The molecular formula is C12H16FNO. The Kier molecular flexibility index (Phi) is 4.43.